The van der Waals surface area contributed by atoms with E-state index >= 15 is 0 Å². The highest BCUT2D eigenvalue weighted by Gasteiger charge is 2.21. The first kappa shape index (κ1) is 15.9. The fourth-order valence-electron chi connectivity index (χ4n) is 1.68. The molecular weight excluding hydrogens is 290 g/mol. The molecule has 2 N–H and O–H groups in total. The summed E-state index contributed by atoms with van der Waals surface area (Å²) in [6.45, 7) is 1.86. The van der Waals surface area contributed by atoms with Gasteiger partial charge in [-0.25, -0.2) is 13.1 Å². The van der Waals surface area contributed by atoms with E-state index in [4.69, 9.17) is 16.7 Å². The Bertz CT molecular complexity index is 544. The molecule has 0 aliphatic heterocycles. The van der Waals surface area contributed by atoms with Gasteiger partial charge in [0, 0.05) is 11.1 Å². The normalized spacial score (nSPS) is 13.2. The Balaban J connectivity index is 2.90. The first-order chi connectivity index (χ1) is 8.85. The Labute approximate surface area is 117 Å². The largest absolute Gasteiger partial charge is 0.481 e. The van der Waals surface area contributed by atoms with Crippen LogP contribution in [0.15, 0.2) is 29.2 Å². The van der Waals surface area contributed by atoms with Gasteiger partial charge in [-0.05, 0) is 24.6 Å². The van der Waals surface area contributed by atoms with Gasteiger partial charge in [-0.2, -0.15) is 0 Å². The van der Waals surface area contributed by atoms with Crippen molar-refractivity contribution in [1.82, 2.24) is 4.72 Å². The van der Waals surface area contributed by atoms with Crippen LogP contribution in [0.1, 0.15) is 26.2 Å². The quantitative estimate of drug-likeness (QED) is 0.809. The van der Waals surface area contributed by atoms with Crippen molar-refractivity contribution in [3.05, 3.63) is 29.3 Å². The molecule has 5 nitrogen and oxygen atoms in total. The number of nitrogens with one attached hydrogen (secondary N) is 1. The van der Waals surface area contributed by atoms with Gasteiger partial charge in [0.05, 0.1) is 11.3 Å². The molecule has 1 aromatic rings. The van der Waals surface area contributed by atoms with Crippen molar-refractivity contribution in [1.29, 1.82) is 0 Å². The summed E-state index contributed by atoms with van der Waals surface area (Å²) in [4.78, 5) is 10.7. The highest BCUT2D eigenvalue weighted by Crippen LogP contribution is 2.16. The molecule has 0 fully saturated rings. The fourth-order valence-corrected chi connectivity index (χ4v) is 3.25. The molecule has 19 heavy (non-hydrogen) atoms. The van der Waals surface area contributed by atoms with Gasteiger partial charge in [0.25, 0.3) is 0 Å². The number of rotatable bonds is 7. The molecule has 0 heterocycles. The van der Waals surface area contributed by atoms with Crippen LogP contribution < -0.4 is 4.72 Å². The minimum Gasteiger partial charge on any atom is -0.481 e. The number of benzene rings is 1. The van der Waals surface area contributed by atoms with Gasteiger partial charge in [0.15, 0.2) is 0 Å². The number of sulfonamides is 1. The number of halogens is 1. The third-order valence-electron chi connectivity index (χ3n) is 2.49. The van der Waals surface area contributed by atoms with E-state index in [1.165, 1.54) is 18.2 Å². The highest BCUT2D eigenvalue weighted by atomic mass is 35.5. The molecule has 1 aromatic carbocycles. The Morgan fingerprint density at radius 1 is 1.47 bits per heavy atom. The first-order valence-electron chi connectivity index (χ1n) is 5.85. The molecule has 7 heteroatoms. The molecule has 0 saturated carbocycles. The molecule has 0 radical (unpaired) electrons. The lowest BCUT2D eigenvalue weighted by Crippen LogP contribution is -2.36. The second-order valence-electron chi connectivity index (χ2n) is 4.16. The Morgan fingerprint density at radius 3 is 2.68 bits per heavy atom. The van der Waals surface area contributed by atoms with E-state index in [9.17, 15) is 13.2 Å². The number of aliphatic carboxylic acids is 1. The molecule has 106 valence electrons. The van der Waals surface area contributed by atoms with Crippen LogP contribution in [0.4, 0.5) is 0 Å². The molecule has 1 rings (SSSR count). The Hall–Kier alpha value is -1.11. The average Bonchev–Trinajstić information content (AvgIpc) is 2.27. The minimum atomic E-state index is -3.75. The Morgan fingerprint density at radius 2 is 2.16 bits per heavy atom. The summed E-state index contributed by atoms with van der Waals surface area (Å²) >= 11 is 5.75. The fraction of sp³-hybridized carbons (Fsp3) is 0.417. The summed E-state index contributed by atoms with van der Waals surface area (Å²) in [7, 11) is -3.75. The predicted octanol–water partition coefficient (Wildman–Crippen LogP) is 2.26. The lowest BCUT2D eigenvalue weighted by Gasteiger charge is -2.16. The van der Waals surface area contributed by atoms with Crippen molar-refractivity contribution in [2.45, 2.75) is 37.1 Å². The van der Waals surface area contributed by atoms with E-state index in [2.05, 4.69) is 4.72 Å². The number of carboxylic acid groups (broad SMARTS) is 1. The summed E-state index contributed by atoms with van der Waals surface area (Å²) in [6, 6.07) is 5.22. The van der Waals surface area contributed by atoms with Crippen molar-refractivity contribution in [3.63, 3.8) is 0 Å². The zero-order chi connectivity index (χ0) is 14.5. The van der Waals surface area contributed by atoms with Crippen molar-refractivity contribution in [3.8, 4) is 0 Å². The maximum absolute atomic E-state index is 12.1. The number of hydrogen-bond donors (Lipinski definition) is 2. The second-order valence-corrected chi connectivity index (χ2v) is 6.31. The zero-order valence-corrected chi connectivity index (χ0v) is 12.0. The Kier molecular flexibility index (Phi) is 5.78. The molecule has 1 atom stereocenters. The predicted molar refractivity (Wildman–Crippen MR) is 72.7 cm³/mol. The van der Waals surface area contributed by atoms with Crippen molar-refractivity contribution in [2.24, 2.45) is 0 Å². The minimum absolute atomic E-state index is 0.0338. The summed E-state index contributed by atoms with van der Waals surface area (Å²) in [5.74, 6) is -1.03. The third-order valence-corrected chi connectivity index (χ3v) is 4.24. The summed E-state index contributed by atoms with van der Waals surface area (Å²) in [5, 5.41) is 9.08. The monoisotopic (exact) mass is 305 g/mol. The van der Waals surface area contributed by atoms with Crippen LogP contribution in [0.5, 0.6) is 0 Å². The molecule has 0 spiro atoms. The summed E-state index contributed by atoms with van der Waals surface area (Å²) in [5.41, 5.74) is 0. The van der Waals surface area contributed by atoms with E-state index < -0.39 is 22.0 Å². The van der Waals surface area contributed by atoms with Crippen LogP contribution in [-0.2, 0) is 14.8 Å². The summed E-state index contributed by atoms with van der Waals surface area (Å²) < 4.78 is 26.6. The molecule has 1 unspecified atom stereocenters. The standard InChI is InChI=1S/C12H16ClNO4S/c1-2-4-10(8-12(15)16)14-19(17,18)11-6-3-5-9(13)7-11/h3,5-7,10,14H,2,4,8H2,1H3,(H,15,16). The zero-order valence-electron chi connectivity index (χ0n) is 10.5. The smallest absolute Gasteiger partial charge is 0.304 e. The summed E-state index contributed by atoms with van der Waals surface area (Å²) in [6.07, 6.45) is 0.912. The van der Waals surface area contributed by atoms with Crippen molar-refractivity contribution >= 4 is 27.6 Å². The number of carboxylic acids is 1. The lowest BCUT2D eigenvalue weighted by atomic mass is 10.1. The molecule has 0 aromatic heterocycles. The SMILES string of the molecule is CCCC(CC(=O)O)NS(=O)(=O)c1cccc(Cl)c1. The number of carbonyl (C=O) groups is 1. The van der Waals surface area contributed by atoms with Crippen LogP contribution in [0.3, 0.4) is 0 Å². The highest BCUT2D eigenvalue weighted by molar-refractivity contribution is 7.89. The van der Waals surface area contributed by atoms with Crippen LogP contribution in [0, 0.1) is 0 Å². The van der Waals surface area contributed by atoms with Gasteiger partial charge < -0.3 is 5.11 Å². The lowest BCUT2D eigenvalue weighted by molar-refractivity contribution is -0.137. The molecule has 0 aliphatic rings. The molecule has 0 bridgehead atoms. The van der Waals surface area contributed by atoms with Crippen LogP contribution in [0.2, 0.25) is 5.02 Å². The molecule has 0 aliphatic carbocycles. The third kappa shape index (κ3) is 5.18. The van der Waals surface area contributed by atoms with Gasteiger partial charge >= 0.3 is 5.97 Å². The van der Waals surface area contributed by atoms with E-state index in [0.29, 0.717) is 17.9 Å². The van der Waals surface area contributed by atoms with Gasteiger partial charge in [-0.1, -0.05) is 31.0 Å². The first-order valence-corrected chi connectivity index (χ1v) is 7.71. The van der Waals surface area contributed by atoms with Gasteiger partial charge in [-0.3, -0.25) is 4.79 Å². The van der Waals surface area contributed by atoms with Crippen LogP contribution in [0.25, 0.3) is 0 Å². The maximum Gasteiger partial charge on any atom is 0.304 e. The molecule has 0 amide bonds. The molecule has 0 saturated heterocycles. The maximum atomic E-state index is 12.1. The van der Waals surface area contributed by atoms with Crippen LogP contribution >= 0.6 is 11.6 Å². The number of hydrogen-bond acceptors (Lipinski definition) is 3. The van der Waals surface area contributed by atoms with Crippen molar-refractivity contribution < 1.29 is 18.3 Å². The van der Waals surface area contributed by atoms with Crippen LogP contribution in [-0.4, -0.2) is 25.5 Å². The molecular formula is C12H16ClNO4S. The van der Waals surface area contributed by atoms with Gasteiger partial charge in [0.2, 0.25) is 10.0 Å². The van der Waals surface area contributed by atoms with E-state index in [1.807, 2.05) is 6.92 Å². The van der Waals surface area contributed by atoms with E-state index in [-0.39, 0.29) is 11.3 Å². The average molecular weight is 306 g/mol. The van der Waals surface area contributed by atoms with E-state index in [0.717, 1.165) is 0 Å². The van der Waals surface area contributed by atoms with Gasteiger partial charge in [0.1, 0.15) is 0 Å². The topological polar surface area (TPSA) is 83.5 Å². The second kappa shape index (κ2) is 6.88. The van der Waals surface area contributed by atoms with Gasteiger partial charge in [-0.15, -0.1) is 0 Å². The van der Waals surface area contributed by atoms with E-state index in [1.54, 1.807) is 6.07 Å². The van der Waals surface area contributed by atoms with Crippen molar-refractivity contribution in [2.75, 3.05) is 0 Å².